The third kappa shape index (κ3) is 6.79. The van der Waals surface area contributed by atoms with Gasteiger partial charge in [0.15, 0.2) is 5.78 Å². The van der Waals surface area contributed by atoms with Crippen LogP contribution in [0.1, 0.15) is 60.9 Å². The molecule has 0 radical (unpaired) electrons. The molecule has 0 heterocycles. The number of benzene rings is 1. The molecule has 8 heteroatoms. The molecule has 0 spiro atoms. The third-order valence-electron chi connectivity index (χ3n) is 5.33. The van der Waals surface area contributed by atoms with Gasteiger partial charge in [0.05, 0.1) is 11.7 Å². The van der Waals surface area contributed by atoms with E-state index in [0.29, 0.717) is 19.3 Å². The van der Waals surface area contributed by atoms with Crippen molar-refractivity contribution in [1.29, 1.82) is 0 Å². The molecular weight excluding hydrogens is 401 g/mol. The number of ketones is 2. The number of allylic oxidation sites excluding steroid dienone is 1. The highest BCUT2D eigenvalue weighted by molar-refractivity contribution is 6.04. The van der Waals surface area contributed by atoms with Crippen LogP contribution in [0.2, 0.25) is 0 Å². The van der Waals surface area contributed by atoms with E-state index in [-0.39, 0.29) is 24.2 Å². The van der Waals surface area contributed by atoms with Gasteiger partial charge < -0.3 is 10.2 Å². The zero-order chi connectivity index (χ0) is 22.3. The van der Waals surface area contributed by atoms with Gasteiger partial charge in [-0.2, -0.15) is 13.2 Å². The maximum atomic E-state index is 12.8. The number of rotatable bonds is 10. The maximum Gasteiger partial charge on any atom is 0.416 e. The molecule has 1 aliphatic rings. The molecule has 1 fully saturated rings. The van der Waals surface area contributed by atoms with Crippen LogP contribution in [0, 0.1) is 11.8 Å². The van der Waals surface area contributed by atoms with Crippen LogP contribution >= 0.6 is 0 Å². The van der Waals surface area contributed by atoms with E-state index in [1.54, 1.807) is 0 Å². The minimum Gasteiger partial charge on any atom is -0.481 e. The molecule has 5 nitrogen and oxygen atoms in total. The van der Waals surface area contributed by atoms with Gasteiger partial charge in [-0.25, -0.2) is 0 Å². The number of aliphatic hydroxyl groups excluding tert-OH is 1. The van der Waals surface area contributed by atoms with Gasteiger partial charge in [0.1, 0.15) is 5.78 Å². The van der Waals surface area contributed by atoms with E-state index in [4.69, 9.17) is 5.11 Å². The number of unbranched alkanes of at least 4 members (excludes halogenated alkanes) is 3. The smallest absolute Gasteiger partial charge is 0.416 e. The Morgan fingerprint density at radius 2 is 1.83 bits per heavy atom. The molecule has 1 aromatic carbocycles. The summed E-state index contributed by atoms with van der Waals surface area (Å²) in [4.78, 5) is 35.0. The Morgan fingerprint density at radius 1 is 1.13 bits per heavy atom. The second-order valence-corrected chi connectivity index (χ2v) is 7.57. The van der Waals surface area contributed by atoms with E-state index < -0.39 is 41.4 Å². The highest BCUT2D eigenvalue weighted by Crippen LogP contribution is 2.34. The molecule has 1 aromatic rings. The van der Waals surface area contributed by atoms with Gasteiger partial charge in [0, 0.05) is 30.2 Å². The Kier molecular flexibility index (Phi) is 8.34. The molecule has 0 amide bonds. The quantitative estimate of drug-likeness (QED) is 0.328. The van der Waals surface area contributed by atoms with Crippen molar-refractivity contribution < 1.29 is 37.8 Å². The molecule has 3 atom stereocenters. The Labute approximate surface area is 172 Å². The van der Waals surface area contributed by atoms with Crippen LogP contribution in [0.4, 0.5) is 13.2 Å². The zero-order valence-corrected chi connectivity index (χ0v) is 16.4. The van der Waals surface area contributed by atoms with Gasteiger partial charge in [-0.3, -0.25) is 14.4 Å². The number of Topliss-reactive ketones (excluding diaryl/α,β-unsaturated/α-hetero) is 1. The van der Waals surface area contributed by atoms with Crippen LogP contribution < -0.4 is 0 Å². The minimum atomic E-state index is -4.55. The number of halogens is 3. The zero-order valence-electron chi connectivity index (χ0n) is 16.4. The molecule has 0 bridgehead atoms. The van der Waals surface area contributed by atoms with Crippen molar-refractivity contribution in [3.8, 4) is 0 Å². The van der Waals surface area contributed by atoms with Crippen LogP contribution in [-0.4, -0.2) is 33.9 Å². The predicted octanol–water partition coefficient (Wildman–Crippen LogP) is 4.44. The van der Waals surface area contributed by atoms with E-state index in [9.17, 15) is 32.7 Å². The molecule has 30 heavy (non-hydrogen) atoms. The molecule has 1 aliphatic carbocycles. The Balaban J connectivity index is 1.97. The fourth-order valence-electron chi connectivity index (χ4n) is 3.73. The topological polar surface area (TPSA) is 91.7 Å². The second kappa shape index (κ2) is 10.5. The Morgan fingerprint density at radius 3 is 2.50 bits per heavy atom. The van der Waals surface area contributed by atoms with Crippen LogP contribution in [0.3, 0.4) is 0 Å². The van der Waals surface area contributed by atoms with Crippen LogP contribution in [0.25, 0.3) is 0 Å². The molecule has 2 rings (SSSR count). The summed E-state index contributed by atoms with van der Waals surface area (Å²) < 4.78 is 38.4. The lowest BCUT2D eigenvalue weighted by atomic mass is 9.88. The Hall–Kier alpha value is -2.48. The lowest BCUT2D eigenvalue weighted by molar-refractivity contribution is -0.138. The Bertz CT molecular complexity index is 800. The fraction of sp³-hybridized carbons (Fsp3) is 0.500. The summed E-state index contributed by atoms with van der Waals surface area (Å²) in [6.45, 7) is 0. The SMILES string of the molecule is O=C(O)CCCCCCC1C(=O)CC(O)C1/C=C/C(=O)c1cccc(C(F)(F)F)c1. The highest BCUT2D eigenvalue weighted by Gasteiger charge is 2.39. The van der Waals surface area contributed by atoms with E-state index in [1.165, 1.54) is 12.1 Å². The van der Waals surface area contributed by atoms with Crippen molar-refractivity contribution in [3.05, 3.63) is 47.5 Å². The number of aliphatic hydroxyl groups is 1. The normalized spacial score (nSPS) is 22.0. The van der Waals surface area contributed by atoms with Crippen molar-refractivity contribution in [2.24, 2.45) is 11.8 Å². The maximum absolute atomic E-state index is 12.8. The van der Waals surface area contributed by atoms with Gasteiger partial charge in [-0.05, 0) is 31.1 Å². The first-order chi connectivity index (χ1) is 14.1. The van der Waals surface area contributed by atoms with Crippen LogP contribution in [-0.2, 0) is 15.8 Å². The number of carbonyl (C=O) groups excluding carboxylic acids is 2. The second-order valence-electron chi connectivity index (χ2n) is 7.57. The molecule has 164 valence electrons. The summed E-state index contributed by atoms with van der Waals surface area (Å²) in [5, 5.41) is 18.8. The standard InChI is InChI=1S/C22H25F3O5/c23-22(24,25)15-7-5-6-14(12-15)18(26)11-10-17-16(19(27)13-20(17)28)8-3-1-2-4-9-21(29)30/h5-7,10-12,16-17,20,28H,1-4,8-9,13H2,(H,29,30)/b11-10+. The largest absolute Gasteiger partial charge is 0.481 e. The molecular formula is C22H25F3O5. The van der Waals surface area contributed by atoms with Crippen molar-refractivity contribution in [3.63, 3.8) is 0 Å². The number of hydrogen-bond donors (Lipinski definition) is 2. The van der Waals surface area contributed by atoms with Gasteiger partial charge in [-0.15, -0.1) is 0 Å². The van der Waals surface area contributed by atoms with E-state index >= 15 is 0 Å². The van der Waals surface area contributed by atoms with Crippen LogP contribution in [0.5, 0.6) is 0 Å². The summed E-state index contributed by atoms with van der Waals surface area (Å²) in [7, 11) is 0. The molecule has 1 saturated carbocycles. The average Bonchev–Trinajstić information content (AvgIpc) is 2.94. The monoisotopic (exact) mass is 426 g/mol. The molecule has 0 saturated heterocycles. The number of carbonyl (C=O) groups is 3. The first-order valence-electron chi connectivity index (χ1n) is 9.92. The first kappa shape index (κ1) is 23.8. The number of hydrogen-bond acceptors (Lipinski definition) is 4. The molecule has 0 aliphatic heterocycles. The number of aliphatic carboxylic acids is 1. The first-order valence-corrected chi connectivity index (χ1v) is 9.92. The molecule has 0 aromatic heterocycles. The van der Waals surface area contributed by atoms with Crippen LogP contribution in [0.15, 0.2) is 36.4 Å². The molecule has 2 N–H and O–H groups in total. The summed E-state index contributed by atoms with van der Waals surface area (Å²) in [5.41, 5.74) is -1.03. The average molecular weight is 426 g/mol. The number of carboxylic acid groups (broad SMARTS) is 1. The number of carboxylic acids is 1. The van der Waals surface area contributed by atoms with Gasteiger partial charge in [0.25, 0.3) is 0 Å². The van der Waals surface area contributed by atoms with E-state index in [1.807, 2.05) is 0 Å². The fourth-order valence-corrected chi connectivity index (χ4v) is 3.73. The predicted molar refractivity (Wildman–Crippen MR) is 103 cm³/mol. The number of alkyl halides is 3. The highest BCUT2D eigenvalue weighted by atomic mass is 19.4. The van der Waals surface area contributed by atoms with Gasteiger partial charge in [0.2, 0.25) is 0 Å². The summed E-state index contributed by atoms with van der Waals surface area (Å²) in [5.74, 6) is -2.59. The van der Waals surface area contributed by atoms with Crippen molar-refractivity contribution >= 4 is 17.5 Å². The summed E-state index contributed by atoms with van der Waals surface area (Å²) in [6.07, 6.45) is 0.395. The van der Waals surface area contributed by atoms with Crippen molar-refractivity contribution in [2.45, 2.75) is 57.2 Å². The summed E-state index contributed by atoms with van der Waals surface area (Å²) in [6, 6.07) is 4.10. The van der Waals surface area contributed by atoms with Gasteiger partial charge >= 0.3 is 12.1 Å². The van der Waals surface area contributed by atoms with Gasteiger partial charge in [-0.1, -0.05) is 37.5 Å². The third-order valence-corrected chi connectivity index (χ3v) is 5.33. The van der Waals surface area contributed by atoms with E-state index in [0.717, 1.165) is 37.1 Å². The molecule has 3 unspecified atom stereocenters. The summed E-state index contributed by atoms with van der Waals surface area (Å²) >= 11 is 0. The van der Waals surface area contributed by atoms with Crippen molar-refractivity contribution in [2.75, 3.05) is 0 Å². The van der Waals surface area contributed by atoms with E-state index in [2.05, 4.69) is 0 Å². The lowest BCUT2D eigenvalue weighted by Gasteiger charge is -2.17. The lowest BCUT2D eigenvalue weighted by Crippen LogP contribution is -2.19. The van der Waals surface area contributed by atoms with Crippen molar-refractivity contribution in [1.82, 2.24) is 0 Å². The minimum absolute atomic E-state index is 0.0174.